The van der Waals surface area contributed by atoms with Crippen LogP contribution in [0.1, 0.15) is 40.0 Å². The van der Waals surface area contributed by atoms with Gasteiger partial charge in [0.15, 0.2) is 11.1 Å². The monoisotopic (exact) mass is 396 g/mol. The van der Waals surface area contributed by atoms with Crippen molar-refractivity contribution in [2.24, 2.45) is 10.2 Å². The summed E-state index contributed by atoms with van der Waals surface area (Å²) in [7, 11) is 0. The van der Waals surface area contributed by atoms with Gasteiger partial charge in [0, 0.05) is 6.42 Å². The molecule has 0 N–H and O–H groups in total. The Morgan fingerprint density at radius 2 is 1.78 bits per heavy atom. The van der Waals surface area contributed by atoms with E-state index in [1.165, 1.54) is 0 Å². The number of ether oxygens (including phenoxy) is 1. The molecule has 1 atom stereocenters. The average molecular weight is 398 g/mol. The van der Waals surface area contributed by atoms with E-state index in [-0.39, 0.29) is 19.4 Å². The molecule has 0 aliphatic rings. The lowest BCUT2D eigenvalue weighted by Crippen LogP contribution is -2.23. The smallest absolute Gasteiger partial charge is 0.341 e. The molecule has 0 aromatic heterocycles. The molecule has 1 unspecified atom stereocenters. The maximum atomic E-state index is 11.6. The molecule has 0 saturated carbocycles. The Hall–Kier alpha value is -0.863. The largest absolute Gasteiger partial charge is 0.466 e. The second-order valence-electron chi connectivity index (χ2n) is 5.70. The van der Waals surface area contributed by atoms with Gasteiger partial charge in [-0.3, -0.25) is 4.79 Å². The zero-order valence-corrected chi connectivity index (χ0v) is 16.5. The van der Waals surface area contributed by atoms with Gasteiger partial charge in [-0.25, -0.2) is 0 Å². The summed E-state index contributed by atoms with van der Waals surface area (Å²) in [6.07, 6.45) is 0.647. The molecule has 0 rings (SSSR count). The second kappa shape index (κ2) is 9.44. The van der Waals surface area contributed by atoms with E-state index in [4.69, 9.17) is 43.2 Å². The highest BCUT2D eigenvalue weighted by Crippen LogP contribution is 2.26. The number of halogens is 3. The minimum Gasteiger partial charge on any atom is -0.466 e. The topological polar surface area (TPSA) is 98.6 Å². The van der Waals surface area contributed by atoms with Crippen molar-refractivity contribution < 1.29 is 9.53 Å². The van der Waals surface area contributed by atoms with Crippen LogP contribution in [-0.4, -0.2) is 29.7 Å². The van der Waals surface area contributed by atoms with Crippen molar-refractivity contribution in [1.29, 1.82) is 10.5 Å². The number of esters is 1. The molecule has 0 bridgehead atoms. The lowest BCUT2D eigenvalue weighted by molar-refractivity contribution is -0.143. The molecule has 10 heteroatoms. The highest BCUT2D eigenvalue weighted by Gasteiger charge is 2.27. The Balaban J connectivity index is 4.33. The first kappa shape index (κ1) is 22.1. The van der Waals surface area contributed by atoms with Gasteiger partial charge in [-0.2, -0.15) is 20.8 Å². The van der Waals surface area contributed by atoms with Gasteiger partial charge in [0.25, 0.3) is 0 Å². The van der Waals surface area contributed by atoms with Crippen molar-refractivity contribution in [3.8, 4) is 12.1 Å². The van der Waals surface area contributed by atoms with Crippen molar-refractivity contribution in [3.05, 3.63) is 0 Å². The first-order valence-corrected chi connectivity index (χ1v) is 12.2. The van der Waals surface area contributed by atoms with Crippen LogP contribution in [0.25, 0.3) is 0 Å². The normalized spacial score (nSPS) is 14.8. The van der Waals surface area contributed by atoms with E-state index in [0.29, 0.717) is 12.5 Å². The first-order chi connectivity index (χ1) is 10.4. The maximum Gasteiger partial charge on any atom is 0.341 e. The van der Waals surface area contributed by atoms with Gasteiger partial charge >= 0.3 is 12.0 Å². The lowest BCUT2D eigenvalue weighted by Gasteiger charge is -2.16. The molecular weight excluding hydrogens is 379 g/mol. The van der Waals surface area contributed by atoms with Crippen LogP contribution in [0.4, 0.5) is 0 Å². The second-order valence-corrected chi connectivity index (χ2v) is 15.0. The van der Waals surface area contributed by atoms with Crippen molar-refractivity contribution in [2.45, 2.75) is 57.2 Å². The summed E-state index contributed by atoms with van der Waals surface area (Å²) in [5.41, 5.74) is -2.20. The van der Waals surface area contributed by atoms with Crippen LogP contribution in [-0.2, 0) is 9.53 Å². The fourth-order valence-electron chi connectivity index (χ4n) is 1.26. The van der Waals surface area contributed by atoms with Crippen LogP contribution in [0.15, 0.2) is 10.2 Å². The molecule has 6 nitrogen and oxygen atoms in total. The molecule has 0 aromatic rings. The lowest BCUT2D eigenvalue weighted by atomic mass is 9.99. The van der Waals surface area contributed by atoms with Crippen molar-refractivity contribution in [1.82, 2.24) is 0 Å². The highest BCUT2D eigenvalue weighted by molar-refractivity contribution is 7.64. The number of hydrogen-bond acceptors (Lipinski definition) is 6. The SMILES string of the molecule is CC(C)(C#N)N=NC(C)(C#N)CCC(=O)OCCC[Si](Cl)(Cl)Cl. The summed E-state index contributed by atoms with van der Waals surface area (Å²) in [4.78, 5) is 11.6. The predicted octanol–water partition coefficient (Wildman–Crippen LogP) is 4.39. The fourth-order valence-corrected chi connectivity index (χ4v) is 3.01. The number of nitrogens with zero attached hydrogens (tertiary/aromatic N) is 4. The standard InChI is InChI=1S/C13H19Cl3N4O2Si/c1-12(2,9-17)19-20-13(3,10-18)6-5-11(21)22-7-4-8-23(14,15)16/h4-8H2,1-3H3. The van der Waals surface area contributed by atoms with Gasteiger partial charge in [0.1, 0.15) is 0 Å². The molecule has 0 aliphatic carbocycles. The molecule has 0 heterocycles. The maximum absolute atomic E-state index is 11.6. The van der Waals surface area contributed by atoms with Gasteiger partial charge in [-0.15, -0.1) is 33.2 Å². The Morgan fingerprint density at radius 1 is 1.17 bits per heavy atom. The number of rotatable bonds is 9. The quantitative estimate of drug-likeness (QED) is 0.189. The van der Waals surface area contributed by atoms with Crippen molar-refractivity contribution in [2.75, 3.05) is 6.61 Å². The van der Waals surface area contributed by atoms with Crippen molar-refractivity contribution in [3.63, 3.8) is 0 Å². The molecule has 0 saturated heterocycles. The Bertz CT molecular complexity index is 523. The molecule has 0 fully saturated rings. The van der Waals surface area contributed by atoms with E-state index in [1.54, 1.807) is 20.8 Å². The van der Waals surface area contributed by atoms with E-state index in [0.717, 1.165) is 0 Å². The third-order valence-corrected chi connectivity index (χ3v) is 5.34. The molecule has 23 heavy (non-hydrogen) atoms. The molecule has 0 aromatic carbocycles. The van der Waals surface area contributed by atoms with Gasteiger partial charge in [-0.05, 0) is 39.7 Å². The molecule has 0 radical (unpaired) electrons. The van der Waals surface area contributed by atoms with Crippen LogP contribution in [0.5, 0.6) is 0 Å². The van der Waals surface area contributed by atoms with Crippen LogP contribution < -0.4 is 0 Å². The Kier molecular flexibility index (Phi) is 9.08. The average Bonchev–Trinajstić information content (AvgIpc) is 2.47. The fraction of sp³-hybridized carbons (Fsp3) is 0.769. The van der Waals surface area contributed by atoms with E-state index in [1.807, 2.05) is 12.1 Å². The van der Waals surface area contributed by atoms with Gasteiger partial charge in [0.2, 0.25) is 0 Å². The van der Waals surface area contributed by atoms with Gasteiger partial charge in [0.05, 0.1) is 18.7 Å². The number of carbonyl (C=O) groups is 1. The summed E-state index contributed by atoms with van der Waals surface area (Å²) >= 11 is 17.2. The zero-order chi connectivity index (χ0) is 18.1. The number of hydrogen-bond donors (Lipinski definition) is 0. The van der Waals surface area contributed by atoms with Gasteiger partial charge < -0.3 is 4.74 Å². The number of azo groups is 1. The van der Waals surface area contributed by atoms with Crippen LogP contribution in [0.2, 0.25) is 6.04 Å². The summed E-state index contributed by atoms with van der Waals surface area (Å²) in [5, 5.41) is 25.8. The summed E-state index contributed by atoms with van der Waals surface area (Å²) in [5.74, 6) is -0.452. The molecule has 128 valence electrons. The van der Waals surface area contributed by atoms with Crippen LogP contribution >= 0.6 is 33.2 Å². The third kappa shape index (κ3) is 11.3. The molecular formula is C13H19Cl3N4O2Si. The highest BCUT2D eigenvalue weighted by atomic mass is 35.8. The first-order valence-electron chi connectivity index (χ1n) is 6.92. The Labute approximate surface area is 151 Å². The van der Waals surface area contributed by atoms with E-state index in [9.17, 15) is 10.1 Å². The van der Waals surface area contributed by atoms with E-state index < -0.39 is 23.1 Å². The summed E-state index contributed by atoms with van der Waals surface area (Å²) in [6, 6.07) is 1.68. The van der Waals surface area contributed by atoms with Crippen molar-refractivity contribution >= 4 is 45.2 Å². The molecule has 0 aliphatic heterocycles. The Morgan fingerprint density at radius 3 is 2.26 bits per heavy atom. The number of carbonyl (C=O) groups excluding carboxylic acids is 1. The summed E-state index contributed by atoms with van der Waals surface area (Å²) in [6.45, 7) is 4.88. The van der Waals surface area contributed by atoms with Gasteiger partial charge in [-0.1, -0.05) is 0 Å². The molecule has 0 amide bonds. The molecule has 0 spiro atoms. The van der Waals surface area contributed by atoms with Crippen LogP contribution in [0.3, 0.4) is 0 Å². The van der Waals surface area contributed by atoms with Crippen LogP contribution in [0, 0.1) is 22.7 Å². The van der Waals surface area contributed by atoms with E-state index >= 15 is 0 Å². The minimum absolute atomic E-state index is 0.0151. The van der Waals surface area contributed by atoms with E-state index in [2.05, 4.69) is 10.2 Å². The predicted molar refractivity (Wildman–Crippen MR) is 91.5 cm³/mol. The zero-order valence-electron chi connectivity index (χ0n) is 13.3. The summed E-state index contributed by atoms with van der Waals surface area (Å²) < 4.78 is 5.02. The third-order valence-electron chi connectivity index (χ3n) is 2.72. The minimum atomic E-state index is -2.69. The number of nitriles is 2.